The van der Waals surface area contributed by atoms with Crippen molar-refractivity contribution in [1.29, 1.82) is 0 Å². The summed E-state index contributed by atoms with van der Waals surface area (Å²) in [4.78, 5) is 13.2. The van der Waals surface area contributed by atoms with E-state index in [1.54, 1.807) is 11.4 Å². The molecular weight excluding hydrogens is 340 g/mol. The highest BCUT2D eigenvalue weighted by Gasteiger charge is 2.27. The van der Waals surface area contributed by atoms with Crippen molar-refractivity contribution in [3.8, 4) is 0 Å². The molecule has 0 bridgehead atoms. The maximum Gasteiger partial charge on any atom is 0.214 e. The van der Waals surface area contributed by atoms with E-state index >= 15 is 0 Å². The maximum absolute atomic E-state index is 11.8. The average Bonchev–Trinajstić information content (AvgIpc) is 2.98. The molecule has 0 amide bonds. The lowest BCUT2D eigenvalue weighted by atomic mass is 10.3. The number of nitrogens with zero attached hydrogens (tertiary/aromatic N) is 5. The third kappa shape index (κ3) is 4.40. The number of anilines is 1. The Labute approximate surface area is 149 Å². The van der Waals surface area contributed by atoms with E-state index in [1.165, 1.54) is 0 Å². The number of aromatic nitrogens is 1. The Morgan fingerprint density at radius 3 is 2.64 bits per heavy atom. The van der Waals surface area contributed by atoms with E-state index in [2.05, 4.69) is 25.1 Å². The summed E-state index contributed by atoms with van der Waals surface area (Å²) in [6.07, 6.45) is 2.54. The summed E-state index contributed by atoms with van der Waals surface area (Å²) in [6, 6.07) is 5.95. The molecule has 0 saturated carbocycles. The highest BCUT2D eigenvalue weighted by molar-refractivity contribution is 7.89. The topological polar surface area (TPSA) is 81.1 Å². The van der Waals surface area contributed by atoms with Crippen molar-refractivity contribution in [2.45, 2.75) is 6.42 Å². The van der Waals surface area contributed by atoms with Crippen molar-refractivity contribution in [2.75, 3.05) is 63.5 Å². The number of pyridine rings is 1. The van der Waals surface area contributed by atoms with Gasteiger partial charge in [0, 0.05) is 59.1 Å². The molecule has 1 N–H and O–H groups in total. The number of hydrogen-bond donors (Lipinski definition) is 1. The van der Waals surface area contributed by atoms with E-state index in [4.69, 9.17) is 0 Å². The Balaban J connectivity index is 1.46. The minimum Gasteiger partial charge on any atom is -0.355 e. The van der Waals surface area contributed by atoms with Gasteiger partial charge < -0.3 is 15.1 Å². The second-order valence-electron chi connectivity index (χ2n) is 6.20. The van der Waals surface area contributed by atoms with Crippen LogP contribution in [0.15, 0.2) is 29.4 Å². The standard InChI is InChI=1S/C16H26N6O2S/c1-17-16(19-7-9-22-8-4-14-25(22,23)24)21-12-10-20(11-13-21)15-5-2-3-6-18-15/h2-3,5-6H,4,7-14H2,1H3,(H,17,19). The van der Waals surface area contributed by atoms with Gasteiger partial charge in [-0.15, -0.1) is 0 Å². The van der Waals surface area contributed by atoms with Gasteiger partial charge in [0.1, 0.15) is 5.82 Å². The molecule has 2 aliphatic heterocycles. The molecule has 2 aliphatic rings. The van der Waals surface area contributed by atoms with Gasteiger partial charge in [-0.2, -0.15) is 0 Å². The fourth-order valence-corrected chi connectivity index (χ4v) is 4.78. The lowest BCUT2D eigenvalue weighted by Crippen LogP contribution is -2.53. The van der Waals surface area contributed by atoms with Gasteiger partial charge in [0.25, 0.3) is 0 Å². The molecule has 25 heavy (non-hydrogen) atoms. The molecule has 2 fully saturated rings. The number of piperazine rings is 1. The molecule has 0 spiro atoms. The molecule has 8 nitrogen and oxygen atoms in total. The molecule has 2 saturated heterocycles. The Bertz CT molecular complexity index is 686. The molecule has 3 rings (SSSR count). The minimum atomic E-state index is -3.03. The first kappa shape index (κ1) is 17.9. The normalized spacial score (nSPS) is 21.6. The van der Waals surface area contributed by atoms with E-state index in [-0.39, 0.29) is 5.75 Å². The predicted octanol–water partition coefficient (Wildman–Crippen LogP) is -0.185. The molecule has 0 aliphatic carbocycles. The van der Waals surface area contributed by atoms with Crippen molar-refractivity contribution in [3.05, 3.63) is 24.4 Å². The fraction of sp³-hybridized carbons (Fsp3) is 0.625. The molecular formula is C16H26N6O2S. The van der Waals surface area contributed by atoms with Crippen LogP contribution in [0.4, 0.5) is 5.82 Å². The van der Waals surface area contributed by atoms with Gasteiger partial charge >= 0.3 is 0 Å². The van der Waals surface area contributed by atoms with Gasteiger partial charge in [-0.05, 0) is 18.6 Å². The number of nitrogens with one attached hydrogen (secondary N) is 1. The van der Waals surface area contributed by atoms with Crippen LogP contribution in [0.5, 0.6) is 0 Å². The van der Waals surface area contributed by atoms with Gasteiger partial charge in [-0.1, -0.05) is 6.07 Å². The number of aliphatic imine (C=N–C) groups is 1. The number of hydrogen-bond acceptors (Lipinski definition) is 5. The second-order valence-corrected chi connectivity index (χ2v) is 8.29. The summed E-state index contributed by atoms with van der Waals surface area (Å²) < 4.78 is 25.2. The van der Waals surface area contributed by atoms with Crippen molar-refractivity contribution in [3.63, 3.8) is 0 Å². The van der Waals surface area contributed by atoms with Crippen LogP contribution in [0, 0.1) is 0 Å². The van der Waals surface area contributed by atoms with E-state index in [9.17, 15) is 8.42 Å². The van der Waals surface area contributed by atoms with E-state index < -0.39 is 10.0 Å². The van der Waals surface area contributed by atoms with Crippen molar-refractivity contribution in [2.24, 2.45) is 4.99 Å². The summed E-state index contributed by atoms with van der Waals surface area (Å²) >= 11 is 0. The quantitative estimate of drug-likeness (QED) is 0.588. The molecule has 0 aromatic carbocycles. The summed E-state index contributed by atoms with van der Waals surface area (Å²) in [5.41, 5.74) is 0. The van der Waals surface area contributed by atoms with Crippen LogP contribution in [-0.4, -0.2) is 87.2 Å². The number of guanidine groups is 1. The molecule has 1 aromatic rings. The molecule has 3 heterocycles. The van der Waals surface area contributed by atoms with Crippen LogP contribution in [0.25, 0.3) is 0 Å². The Morgan fingerprint density at radius 1 is 1.24 bits per heavy atom. The van der Waals surface area contributed by atoms with Crippen LogP contribution in [0.2, 0.25) is 0 Å². The fourth-order valence-electron chi connectivity index (χ4n) is 3.26. The van der Waals surface area contributed by atoms with Crippen LogP contribution >= 0.6 is 0 Å². The molecule has 1 aromatic heterocycles. The Kier molecular flexibility index (Phi) is 5.74. The SMILES string of the molecule is CN=C(NCCN1CCCS1(=O)=O)N1CCN(c2ccccn2)CC1. The van der Waals surface area contributed by atoms with Crippen molar-refractivity contribution >= 4 is 21.8 Å². The van der Waals surface area contributed by atoms with Gasteiger partial charge in [0.15, 0.2) is 5.96 Å². The van der Waals surface area contributed by atoms with E-state index in [1.807, 2.05) is 24.4 Å². The number of sulfonamides is 1. The summed E-state index contributed by atoms with van der Waals surface area (Å²) in [6.45, 7) is 5.19. The van der Waals surface area contributed by atoms with Gasteiger partial charge in [-0.25, -0.2) is 17.7 Å². The zero-order valence-corrected chi connectivity index (χ0v) is 15.5. The molecule has 9 heteroatoms. The maximum atomic E-state index is 11.8. The predicted molar refractivity (Wildman–Crippen MR) is 99.4 cm³/mol. The third-order valence-corrected chi connectivity index (χ3v) is 6.57. The summed E-state index contributed by atoms with van der Waals surface area (Å²) in [5.74, 6) is 2.11. The Morgan fingerprint density at radius 2 is 2.04 bits per heavy atom. The molecule has 138 valence electrons. The highest BCUT2D eigenvalue weighted by atomic mass is 32.2. The minimum absolute atomic E-state index is 0.275. The first-order valence-corrected chi connectivity index (χ1v) is 10.3. The van der Waals surface area contributed by atoms with Crippen LogP contribution < -0.4 is 10.2 Å². The zero-order valence-electron chi connectivity index (χ0n) is 14.6. The van der Waals surface area contributed by atoms with Crippen LogP contribution in [0.1, 0.15) is 6.42 Å². The Hall–Kier alpha value is -1.87. The first-order valence-electron chi connectivity index (χ1n) is 8.69. The van der Waals surface area contributed by atoms with Crippen LogP contribution in [0.3, 0.4) is 0 Å². The first-order chi connectivity index (χ1) is 12.1. The van der Waals surface area contributed by atoms with Crippen LogP contribution in [-0.2, 0) is 10.0 Å². The van der Waals surface area contributed by atoms with Gasteiger partial charge in [-0.3, -0.25) is 4.99 Å². The largest absolute Gasteiger partial charge is 0.355 e. The third-order valence-electron chi connectivity index (χ3n) is 4.61. The molecule has 0 radical (unpaired) electrons. The monoisotopic (exact) mass is 366 g/mol. The van der Waals surface area contributed by atoms with Gasteiger partial charge in [0.05, 0.1) is 5.75 Å². The smallest absolute Gasteiger partial charge is 0.214 e. The number of rotatable bonds is 4. The highest BCUT2D eigenvalue weighted by Crippen LogP contribution is 2.13. The molecule has 0 unspecified atom stereocenters. The van der Waals surface area contributed by atoms with E-state index in [0.717, 1.165) is 44.4 Å². The van der Waals surface area contributed by atoms with Crippen molar-refractivity contribution in [1.82, 2.24) is 19.5 Å². The lowest BCUT2D eigenvalue weighted by molar-refractivity contribution is 0.368. The van der Waals surface area contributed by atoms with Gasteiger partial charge in [0.2, 0.25) is 10.0 Å². The van der Waals surface area contributed by atoms with E-state index in [0.29, 0.717) is 19.6 Å². The lowest BCUT2D eigenvalue weighted by Gasteiger charge is -2.37. The summed E-state index contributed by atoms with van der Waals surface area (Å²) in [7, 11) is -1.26. The second kappa shape index (κ2) is 8.01. The average molecular weight is 366 g/mol. The molecule has 0 atom stereocenters. The summed E-state index contributed by atoms with van der Waals surface area (Å²) in [5, 5.41) is 3.29. The zero-order chi connectivity index (χ0) is 17.7. The van der Waals surface area contributed by atoms with Crippen molar-refractivity contribution < 1.29 is 8.42 Å².